The number of carbonyl (C=O) groups is 1. The average molecular weight is 396 g/mol. The van der Waals surface area contributed by atoms with Crippen molar-refractivity contribution in [2.24, 2.45) is 0 Å². The molecular formula is C21H18ClN3O3. The van der Waals surface area contributed by atoms with Crippen molar-refractivity contribution in [2.45, 2.75) is 13.0 Å². The molecule has 0 bridgehead atoms. The molecule has 1 unspecified atom stereocenters. The standard InChI is InChI=1S/C21H18ClN3O3/c1-14(21(26)24-20-12-11-18(25(27)28)13-19(20)22)23-17-9-7-16(8-10-17)15-5-3-2-4-6-15/h2-14,23H,1H3,(H,24,26). The van der Waals surface area contributed by atoms with Gasteiger partial charge in [-0.2, -0.15) is 0 Å². The van der Waals surface area contributed by atoms with Crippen LogP contribution >= 0.6 is 11.6 Å². The first-order valence-corrected chi connectivity index (χ1v) is 8.98. The van der Waals surface area contributed by atoms with E-state index in [1.807, 2.05) is 54.6 Å². The van der Waals surface area contributed by atoms with Crippen LogP contribution in [0.25, 0.3) is 11.1 Å². The van der Waals surface area contributed by atoms with E-state index in [1.54, 1.807) is 6.92 Å². The molecule has 0 aliphatic carbocycles. The molecule has 1 amide bonds. The first-order chi connectivity index (χ1) is 13.4. The molecule has 7 heteroatoms. The fourth-order valence-corrected chi connectivity index (χ4v) is 2.89. The summed E-state index contributed by atoms with van der Waals surface area (Å²) in [6.07, 6.45) is 0. The summed E-state index contributed by atoms with van der Waals surface area (Å²) in [5, 5.41) is 16.7. The van der Waals surface area contributed by atoms with Gasteiger partial charge < -0.3 is 10.6 Å². The van der Waals surface area contributed by atoms with E-state index in [1.165, 1.54) is 18.2 Å². The highest BCUT2D eigenvalue weighted by Gasteiger charge is 2.16. The molecule has 0 aromatic heterocycles. The van der Waals surface area contributed by atoms with Crippen LogP contribution in [0.3, 0.4) is 0 Å². The molecule has 28 heavy (non-hydrogen) atoms. The zero-order valence-corrected chi connectivity index (χ0v) is 15.8. The number of halogens is 1. The molecule has 0 saturated heterocycles. The number of carbonyl (C=O) groups excluding carboxylic acids is 1. The Labute approximate surface area is 167 Å². The maximum Gasteiger partial charge on any atom is 0.271 e. The summed E-state index contributed by atoms with van der Waals surface area (Å²) in [6.45, 7) is 1.72. The Kier molecular flexibility index (Phi) is 5.91. The molecule has 3 aromatic rings. The summed E-state index contributed by atoms with van der Waals surface area (Å²) in [4.78, 5) is 22.6. The maximum absolute atomic E-state index is 12.4. The van der Waals surface area contributed by atoms with E-state index < -0.39 is 11.0 Å². The van der Waals surface area contributed by atoms with Gasteiger partial charge in [-0.1, -0.05) is 54.1 Å². The Morgan fingerprint density at radius 3 is 2.25 bits per heavy atom. The van der Waals surface area contributed by atoms with Gasteiger partial charge in [0.1, 0.15) is 6.04 Å². The van der Waals surface area contributed by atoms with Gasteiger partial charge in [-0.3, -0.25) is 14.9 Å². The molecule has 0 aliphatic rings. The summed E-state index contributed by atoms with van der Waals surface area (Å²) < 4.78 is 0. The van der Waals surface area contributed by atoms with Crippen LogP contribution in [0.2, 0.25) is 5.02 Å². The summed E-state index contributed by atoms with van der Waals surface area (Å²) in [6, 6.07) is 21.2. The first-order valence-electron chi connectivity index (χ1n) is 8.61. The second kappa shape index (κ2) is 8.54. The topological polar surface area (TPSA) is 84.3 Å². The summed E-state index contributed by atoms with van der Waals surface area (Å²) in [5.74, 6) is -0.303. The number of hydrogen-bond acceptors (Lipinski definition) is 4. The monoisotopic (exact) mass is 395 g/mol. The van der Waals surface area contributed by atoms with E-state index in [-0.39, 0.29) is 16.6 Å². The lowest BCUT2D eigenvalue weighted by Gasteiger charge is -2.16. The third-order valence-corrected chi connectivity index (χ3v) is 4.50. The summed E-state index contributed by atoms with van der Waals surface area (Å²) in [7, 11) is 0. The molecule has 3 rings (SSSR count). The SMILES string of the molecule is CC(Nc1ccc(-c2ccccc2)cc1)C(=O)Nc1ccc([N+](=O)[O-])cc1Cl. The van der Waals surface area contributed by atoms with E-state index >= 15 is 0 Å². The van der Waals surface area contributed by atoms with Gasteiger partial charge >= 0.3 is 0 Å². The predicted octanol–water partition coefficient (Wildman–Crippen LogP) is 5.35. The lowest BCUT2D eigenvalue weighted by molar-refractivity contribution is -0.384. The second-order valence-corrected chi connectivity index (χ2v) is 6.63. The number of nitro groups is 1. The van der Waals surface area contributed by atoms with Crippen LogP contribution in [-0.4, -0.2) is 16.9 Å². The molecule has 3 aromatic carbocycles. The lowest BCUT2D eigenvalue weighted by atomic mass is 10.1. The van der Waals surface area contributed by atoms with E-state index in [2.05, 4.69) is 10.6 Å². The molecule has 142 valence electrons. The first kappa shape index (κ1) is 19.4. The molecule has 0 fully saturated rings. The van der Waals surface area contributed by atoms with Crippen LogP contribution in [0.4, 0.5) is 17.1 Å². The minimum atomic E-state index is -0.541. The zero-order valence-electron chi connectivity index (χ0n) is 15.1. The highest BCUT2D eigenvalue weighted by Crippen LogP contribution is 2.27. The van der Waals surface area contributed by atoms with Crippen LogP contribution < -0.4 is 10.6 Å². The molecule has 0 radical (unpaired) electrons. The van der Waals surface area contributed by atoms with Crippen LogP contribution in [0.5, 0.6) is 0 Å². The number of anilines is 2. The average Bonchev–Trinajstić information content (AvgIpc) is 2.70. The van der Waals surface area contributed by atoms with Gasteiger partial charge in [0.15, 0.2) is 0 Å². The van der Waals surface area contributed by atoms with Crippen LogP contribution in [-0.2, 0) is 4.79 Å². The third-order valence-electron chi connectivity index (χ3n) is 4.19. The van der Waals surface area contributed by atoms with Crippen molar-refractivity contribution in [2.75, 3.05) is 10.6 Å². The molecule has 0 aliphatic heterocycles. The minimum absolute atomic E-state index is 0.113. The number of nitrogens with zero attached hydrogens (tertiary/aromatic N) is 1. The van der Waals surface area contributed by atoms with E-state index in [0.29, 0.717) is 5.69 Å². The normalized spacial score (nSPS) is 11.5. The van der Waals surface area contributed by atoms with Gasteiger partial charge in [-0.25, -0.2) is 0 Å². The zero-order chi connectivity index (χ0) is 20.1. The lowest BCUT2D eigenvalue weighted by Crippen LogP contribution is -2.31. The van der Waals surface area contributed by atoms with Gasteiger partial charge in [-0.05, 0) is 36.2 Å². The summed E-state index contributed by atoms with van der Waals surface area (Å²) in [5.41, 5.74) is 3.20. The molecular weight excluding hydrogens is 378 g/mol. The van der Waals surface area contributed by atoms with Gasteiger partial charge in [0, 0.05) is 17.8 Å². The van der Waals surface area contributed by atoms with Crippen molar-refractivity contribution in [1.82, 2.24) is 0 Å². The number of nitrogens with one attached hydrogen (secondary N) is 2. The van der Waals surface area contributed by atoms with Crippen molar-refractivity contribution < 1.29 is 9.72 Å². The number of amides is 1. The Hall–Kier alpha value is -3.38. The molecule has 0 saturated carbocycles. The van der Waals surface area contributed by atoms with Crippen molar-refractivity contribution >= 4 is 34.6 Å². The fourth-order valence-electron chi connectivity index (χ4n) is 2.66. The smallest absolute Gasteiger partial charge is 0.271 e. The van der Waals surface area contributed by atoms with Gasteiger partial charge in [-0.15, -0.1) is 0 Å². The highest BCUT2D eigenvalue weighted by atomic mass is 35.5. The van der Waals surface area contributed by atoms with E-state index in [9.17, 15) is 14.9 Å². The van der Waals surface area contributed by atoms with Crippen molar-refractivity contribution in [3.8, 4) is 11.1 Å². The largest absolute Gasteiger partial charge is 0.374 e. The predicted molar refractivity (Wildman–Crippen MR) is 112 cm³/mol. The fraction of sp³-hybridized carbons (Fsp3) is 0.0952. The van der Waals surface area contributed by atoms with E-state index in [4.69, 9.17) is 11.6 Å². The third kappa shape index (κ3) is 4.66. The molecule has 6 nitrogen and oxygen atoms in total. The molecule has 0 heterocycles. The molecule has 2 N–H and O–H groups in total. The number of benzene rings is 3. The highest BCUT2D eigenvalue weighted by molar-refractivity contribution is 6.34. The number of hydrogen-bond donors (Lipinski definition) is 2. The quantitative estimate of drug-likeness (QED) is 0.435. The van der Waals surface area contributed by atoms with Crippen LogP contribution in [0, 0.1) is 10.1 Å². The Morgan fingerprint density at radius 2 is 1.64 bits per heavy atom. The molecule has 1 atom stereocenters. The molecule has 0 spiro atoms. The summed E-state index contributed by atoms with van der Waals surface area (Å²) >= 11 is 6.02. The number of rotatable bonds is 6. The van der Waals surface area contributed by atoms with Crippen molar-refractivity contribution in [1.29, 1.82) is 0 Å². The van der Waals surface area contributed by atoms with Gasteiger partial charge in [0.05, 0.1) is 15.6 Å². The van der Waals surface area contributed by atoms with Gasteiger partial charge in [0.25, 0.3) is 5.69 Å². The Morgan fingerprint density at radius 1 is 1.00 bits per heavy atom. The number of nitro benzene ring substituents is 1. The van der Waals surface area contributed by atoms with Crippen molar-refractivity contribution in [3.63, 3.8) is 0 Å². The van der Waals surface area contributed by atoms with Crippen molar-refractivity contribution in [3.05, 3.63) is 87.9 Å². The second-order valence-electron chi connectivity index (χ2n) is 6.22. The Bertz CT molecular complexity index is 992. The van der Waals surface area contributed by atoms with Crippen LogP contribution in [0.1, 0.15) is 6.92 Å². The number of non-ortho nitro benzene ring substituents is 1. The van der Waals surface area contributed by atoms with Crippen LogP contribution in [0.15, 0.2) is 72.8 Å². The van der Waals surface area contributed by atoms with E-state index in [0.717, 1.165) is 16.8 Å². The minimum Gasteiger partial charge on any atom is -0.374 e. The van der Waals surface area contributed by atoms with Gasteiger partial charge in [0.2, 0.25) is 5.91 Å². The maximum atomic E-state index is 12.4. The Balaban J connectivity index is 1.63.